The lowest BCUT2D eigenvalue weighted by molar-refractivity contribution is 0.104. The summed E-state index contributed by atoms with van der Waals surface area (Å²) in [7, 11) is 3.25. The molecule has 0 atom stereocenters. The standard InChI is InChI=1S/C26H24O4/c1-15-6-11-21-23(12-15)30-26(18-7-9-20(28-4)10-8-18)24(21)25(27)19-13-16(2)17(3)22(14-19)29-5/h6-14H,1-5H3. The minimum absolute atomic E-state index is 0.0928. The van der Waals surface area contributed by atoms with E-state index >= 15 is 0 Å². The molecule has 3 aromatic carbocycles. The molecule has 0 spiro atoms. The number of aryl methyl sites for hydroxylation is 2. The molecule has 30 heavy (non-hydrogen) atoms. The number of rotatable bonds is 5. The first kappa shape index (κ1) is 19.8. The highest BCUT2D eigenvalue weighted by molar-refractivity contribution is 6.19. The molecule has 0 saturated heterocycles. The van der Waals surface area contributed by atoms with E-state index in [-0.39, 0.29) is 5.78 Å². The molecule has 0 aliphatic carbocycles. The highest BCUT2D eigenvalue weighted by Crippen LogP contribution is 2.37. The smallest absolute Gasteiger partial charge is 0.197 e. The van der Waals surface area contributed by atoms with Gasteiger partial charge in [0.2, 0.25) is 0 Å². The van der Waals surface area contributed by atoms with Crippen LogP contribution in [0.4, 0.5) is 0 Å². The topological polar surface area (TPSA) is 48.7 Å². The predicted molar refractivity (Wildman–Crippen MR) is 119 cm³/mol. The van der Waals surface area contributed by atoms with Crippen molar-refractivity contribution in [2.24, 2.45) is 0 Å². The fourth-order valence-electron chi connectivity index (χ4n) is 3.69. The van der Waals surface area contributed by atoms with Gasteiger partial charge in [-0.3, -0.25) is 4.79 Å². The summed E-state index contributed by atoms with van der Waals surface area (Å²) in [5.41, 5.74) is 5.76. The molecular weight excluding hydrogens is 376 g/mol. The van der Waals surface area contributed by atoms with Crippen LogP contribution in [0.25, 0.3) is 22.3 Å². The largest absolute Gasteiger partial charge is 0.497 e. The Kier molecular flexibility index (Phi) is 5.08. The van der Waals surface area contributed by atoms with Gasteiger partial charge in [-0.25, -0.2) is 0 Å². The van der Waals surface area contributed by atoms with Crippen molar-refractivity contribution in [3.05, 3.63) is 82.4 Å². The molecule has 0 unspecified atom stereocenters. The van der Waals surface area contributed by atoms with Crippen LogP contribution in [0.2, 0.25) is 0 Å². The van der Waals surface area contributed by atoms with Crippen molar-refractivity contribution in [2.75, 3.05) is 14.2 Å². The summed E-state index contributed by atoms with van der Waals surface area (Å²) in [4.78, 5) is 13.7. The Labute approximate surface area is 176 Å². The second-order valence-electron chi connectivity index (χ2n) is 7.48. The Balaban J connectivity index is 1.94. The van der Waals surface area contributed by atoms with Crippen molar-refractivity contribution in [3.63, 3.8) is 0 Å². The quantitative estimate of drug-likeness (QED) is 0.370. The van der Waals surface area contributed by atoms with Crippen LogP contribution in [0.1, 0.15) is 32.6 Å². The molecule has 0 amide bonds. The fourth-order valence-corrected chi connectivity index (χ4v) is 3.69. The third kappa shape index (κ3) is 3.35. The molecule has 1 heterocycles. The van der Waals surface area contributed by atoms with Gasteiger partial charge in [-0.2, -0.15) is 0 Å². The molecule has 4 rings (SSSR count). The monoisotopic (exact) mass is 400 g/mol. The Morgan fingerprint density at radius 3 is 2.27 bits per heavy atom. The van der Waals surface area contributed by atoms with Crippen molar-refractivity contribution in [2.45, 2.75) is 20.8 Å². The van der Waals surface area contributed by atoms with Gasteiger partial charge in [0.05, 0.1) is 19.8 Å². The lowest BCUT2D eigenvalue weighted by Gasteiger charge is -2.11. The fraction of sp³-hybridized carbons (Fsp3) is 0.192. The average molecular weight is 400 g/mol. The molecule has 0 aliphatic rings. The van der Waals surface area contributed by atoms with Gasteiger partial charge in [0.25, 0.3) is 0 Å². The molecule has 152 valence electrons. The van der Waals surface area contributed by atoms with E-state index in [1.165, 1.54) is 0 Å². The maximum atomic E-state index is 13.7. The van der Waals surface area contributed by atoms with Crippen molar-refractivity contribution in [1.29, 1.82) is 0 Å². The number of ketones is 1. The number of carbonyl (C=O) groups excluding carboxylic acids is 1. The Bertz CT molecular complexity index is 1250. The first-order valence-corrected chi connectivity index (χ1v) is 9.80. The van der Waals surface area contributed by atoms with Gasteiger partial charge in [0.15, 0.2) is 5.78 Å². The van der Waals surface area contributed by atoms with Crippen LogP contribution >= 0.6 is 0 Å². The number of methoxy groups -OCH3 is 2. The zero-order chi connectivity index (χ0) is 21.4. The number of benzene rings is 3. The van der Waals surface area contributed by atoms with Crippen molar-refractivity contribution >= 4 is 16.8 Å². The van der Waals surface area contributed by atoms with E-state index in [4.69, 9.17) is 13.9 Å². The lowest BCUT2D eigenvalue weighted by Crippen LogP contribution is -2.04. The summed E-state index contributed by atoms with van der Waals surface area (Å²) in [6.07, 6.45) is 0. The zero-order valence-electron chi connectivity index (χ0n) is 17.8. The van der Waals surface area contributed by atoms with E-state index in [1.54, 1.807) is 20.3 Å². The predicted octanol–water partition coefficient (Wildman–Crippen LogP) is 6.27. The first-order valence-electron chi connectivity index (χ1n) is 9.80. The molecule has 0 N–H and O–H groups in total. The molecule has 0 radical (unpaired) electrons. The van der Waals surface area contributed by atoms with Crippen molar-refractivity contribution in [3.8, 4) is 22.8 Å². The number of ether oxygens (including phenoxy) is 2. The summed E-state index contributed by atoms with van der Waals surface area (Å²) >= 11 is 0. The molecule has 0 fully saturated rings. The van der Waals surface area contributed by atoms with Crippen LogP contribution in [-0.4, -0.2) is 20.0 Å². The molecule has 4 heteroatoms. The Hall–Kier alpha value is -3.53. The lowest BCUT2D eigenvalue weighted by atomic mass is 9.94. The highest BCUT2D eigenvalue weighted by Gasteiger charge is 2.24. The van der Waals surface area contributed by atoms with Crippen LogP contribution in [0.3, 0.4) is 0 Å². The van der Waals surface area contributed by atoms with Gasteiger partial charge >= 0.3 is 0 Å². The van der Waals surface area contributed by atoms with Gasteiger partial charge in [-0.15, -0.1) is 0 Å². The molecule has 0 aliphatic heterocycles. The molecular formula is C26H24O4. The number of fused-ring (bicyclic) bond motifs is 1. The van der Waals surface area contributed by atoms with Crippen LogP contribution in [0.15, 0.2) is 59.0 Å². The van der Waals surface area contributed by atoms with E-state index < -0.39 is 0 Å². The SMILES string of the molecule is COc1ccc(-c2oc3cc(C)ccc3c2C(=O)c2cc(C)c(C)c(OC)c2)cc1. The summed E-state index contributed by atoms with van der Waals surface area (Å²) in [5.74, 6) is 1.91. The number of hydrogen-bond donors (Lipinski definition) is 0. The third-order valence-corrected chi connectivity index (χ3v) is 5.53. The zero-order valence-corrected chi connectivity index (χ0v) is 17.8. The Morgan fingerprint density at radius 2 is 1.60 bits per heavy atom. The minimum atomic E-state index is -0.0928. The van der Waals surface area contributed by atoms with E-state index in [1.807, 2.05) is 69.3 Å². The second kappa shape index (κ2) is 7.71. The van der Waals surface area contributed by atoms with E-state index in [0.717, 1.165) is 33.4 Å². The number of carbonyl (C=O) groups is 1. The van der Waals surface area contributed by atoms with Crippen LogP contribution in [-0.2, 0) is 0 Å². The molecule has 0 bridgehead atoms. The van der Waals surface area contributed by atoms with Crippen molar-refractivity contribution < 1.29 is 18.7 Å². The van der Waals surface area contributed by atoms with Crippen LogP contribution < -0.4 is 9.47 Å². The maximum absolute atomic E-state index is 13.7. The summed E-state index contributed by atoms with van der Waals surface area (Å²) in [6, 6.07) is 17.1. The molecule has 0 saturated carbocycles. The maximum Gasteiger partial charge on any atom is 0.197 e. The van der Waals surface area contributed by atoms with Gasteiger partial charge in [0, 0.05) is 16.5 Å². The Morgan fingerprint density at radius 1 is 0.867 bits per heavy atom. The molecule has 1 aromatic heterocycles. The average Bonchev–Trinajstić information content (AvgIpc) is 3.13. The molecule has 4 aromatic rings. The van der Waals surface area contributed by atoms with Gasteiger partial charge in [-0.05, 0) is 79.9 Å². The normalized spacial score (nSPS) is 11.0. The number of hydrogen-bond acceptors (Lipinski definition) is 4. The van der Waals surface area contributed by atoms with Crippen LogP contribution in [0, 0.1) is 20.8 Å². The van der Waals surface area contributed by atoms with Gasteiger partial charge in [0.1, 0.15) is 22.8 Å². The number of furan rings is 1. The van der Waals surface area contributed by atoms with E-state index in [0.29, 0.717) is 28.2 Å². The van der Waals surface area contributed by atoms with E-state index in [9.17, 15) is 4.79 Å². The van der Waals surface area contributed by atoms with E-state index in [2.05, 4.69) is 0 Å². The summed E-state index contributed by atoms with van der Waals surface area (Å²) in [5, 5.41) is 0.800. The van der Waals surface area contributed by atoms with Crippen molar-refractivity contribution in [1.82, 2.24) is 0 Å². The van der Waals surface area contributed by atoms with Gasteiger partial charge in [-0.1, -0.05) is 12.1 Å². The second-order valence-corrected chi connectivity index (χ2v) is 7.48. The summed E-state index contributed by atoms with van der Waals surface area (Å²) < 4.78 is 17.0. The summed E-state index contributed by atoms with van der Waals surface area (Å²) in [6.45, 7) is 5.97. The minimum Gasteiger partial charge on any atom is -0.497 e. The van der Waals surface area contributed by atoms with Gasteiger partial charge < -0.3 is 13.9 Å². The first-order chi connectivity index (χ1) is 14.4. The molecule has 4 nitrogen and oxygen atoms in total. The highest BCUT2D eigenvalue weighted by atomic mass is 16.5. The third-order valence-electron chi connectivity index (χ3n) is 5.53. The van der Waals surface area contributed by atoms with Crippen LogP contribution in [0.5, 0.6) is 11.5 Å².